The lowest BCUT2D eigenvalue weighted by Crippen LogP contribution is -2.03. The molecule has 0 aliphatic heterocycles. The molecule has 2 aromatic carbocycles. The minimum Gasteiger partial charge on any atom is -0.481 e. The first kappa shape index (κ1) is 15.0. The smallest absolute Gasteiger partial charge is 0.307 e. The second-order valence-corrected chi connectivity index (χ2v) is 5.24. The Balaban J connectivity index is 2.35. The zero-order valence-electron chi connectivity index (χ0n) is 10.2. The average Bonchev–Trinajstić information content (AvgIpc) is 2.41. The van der Waals surface area contributed by atoms with E-state index in [1.807, 2.05) is 0 Å². The van der Waals surface area contributed by atoms with E-state index in [0.29, 0.717) is 27.0 Å². The summed E-state index contributed by atoms with van der Waals surface area (Å²) in [5, 5.41) is 12.9. The van der Waals surface area contributed by atoms with Crippen LogP contribution < -0.4 is 5.32 Å². The molecule has 2 rings (SSSR count). The largest absolute Gasteiger partial charge is 0.481 e. The molecule has 0 spiro atoms. The van der Waals surface area contributed by atoms with E-state index >= 15 is 0 Å². The van der Waals surface area contributed by atoms with Crippen molar-refractivity contribution in [2.24, 2.45) is 0 Å². The Morgan fingerprint density at radius 3 is 2.40 bits per heavy atom. The molecule has 0 atom stereocenters. The first-order valence-corrected chi connectivity index (χ1v) is 6.82. The van der Waals surface area contributed by atoms with Crippen LogP contribution in [0.25, 0.3) is 0 Å². The molecule has 0 bridgehead atoms. The van der Waals surface area contributed by atoms with Gasteiger partial charge in [-0.2, -0.15) is 0 Å². The van der Waals surface area contributed by atoms with Gasteiger partial charge in [-0.05, 0) is 23.8 Å². The molecule has 0 fully saturated rings. The predicted molar refractivity (Wildman–Crippen MR) is 82.5 cm³/mol. The number of rotatable bonds is 4. The summed E-state index contributed by atoms with van der Waals surface area (Å²) in [5.41, 5.74) is 1.89. The SMILES string of the molecule is O=C(O)Cc1ccccc1Nc1ccc(Cl)c(Cl)c1Cl. The summed E-state index contributed by atoms with van der Waals surface area (Å²) in [5.74, 6) is -0.903. The van der Waals surface area contributed by atoms with Gasteiger partial charge in [-0.3, -0.25) is 4.79 Å². The first-order valence-electron chi connectivity index (χ1n) is 5.69. The van der Waals surface area contributed by atoms with Gasteiger partial charge in [0, 0.05) is 5.69 Å². The van der Waals surface area contributed by atoms with Gasteiger partial charge < -0.3 is 10.4 Å². The van der Waals surface area contributed by atoms with Gasteiger partial charge in [-0.15, -0.1) is 0 Å². The van der Waals surface area contributed by atoms with Gasteiger partial charge in [0.2, 0.25) is 0 Å². The van der Waals surface area contributed by atoms with Crippen LogP contribution in [0.2, 0.25) is 15.1 Å². The van der Waals surface area contributed by atoms with Crippen molar-refractivity contribution in [1.29, 1.82) is 0 Å². The van der Waals surface area contributed by atoms with Crippen molar-refractivity contribution in [1.82, 2.24) is 0 Å². The number of benzene rings is 2. The van der Waals surface area contributed by atoms with Crippen LogP contribution >= 0.6 is 34.8 Å². The summed E-state index contributed by atoms with van der Waals surface area (Å²) in [6, 6.07) is 10.4. The van der Waals surface area contributed by atoms with Gasteiger partial charge in [-0.1, -0.05) is 53.0 Å². The molecule has 0 saturated heterocycles. The summed E-state index contributed by atoms with van der Waals surface area (Å²) in [6.45, 7) is 0. The van der Waals surface area contributed by atoms with Crippen LogP contribution in [0, 0.1) is 0 Å². The topological polar surface area (TPSA) is 49.3 Å². The summed E-state index contributed by atoms with van der Waals surface area (Å²) in [4.78, 5) is 10.8. The number of carboxylic acids is 1. The van der Waals surface area contributed by atoms with E-state index in [-0.39, 0.29) is 11.4 Å². The van der Waals surface area contributed by atoms with Crippen LogP contribution in [0.3, 0.4) is 0 Å². The Morgan fingerprint density at radius 1 is 1.00 bits per heavy atom. The zero-order chi connectivity index (χ0) is 14.7. The van der Waals surface area contributed by atoms with Crippen molar-refractivity contribution in [3.05, 3.63) is 57.0 Å². The Labute approximate surface area is 131 Å². The van der Waals surface area contributed by atoms with Crippen LogP contribution in [0.15, 0.2) is 36.4 Å². The van der Waals surface area contributed by atoms with E-state index in [1.165, 1.54) is 0 Å². The van der Waals surface area contributed by atoms with E-state index in [9.17, 15) is 4.79 Å². The number of nitrogens with one attached hydrogen (secondary N) is 1. The fraction of sp³-hybridized carbons (Fsp3) is 0.0714. The normalized spacial score (nSPS) is 10.3. The van der Waals surface area contributed by atoms with Crippen molar-refractivity contribution in [3.8, 4) is 0 Å². The summed E-state index contributed by atoms with van der Waals surface area (Å²) < 4.78 is 0. The average molecular weight is 331 g/mol. The first-order chi connectivity index (χ1) is 9.49. The quantitative estimate of drug-likeness (QED) is 0.774. The molecule has 0 saturated carbocycles. The molecular formula is C14H10Cl3NO2. The Bertz CT molecular complexity index is 659. The fourth-order valence-corrected chi connectivity index (χ4v) is 2.31. The predicted octanol–water partition coefficient (Wildman–Crippen LogP) is 5.02. The molecule has 20 heavy (non-hydrogen) atoms. The second-order valence-electron chi connectivity index (χ2n) is 4.08. The molecule has 0 amide bonds. The highest BCUT2D eigenvalue weighted by atomic mass is 35.5. The van der Waals surface area contributed by atoms with Crippen LogP contribution in [0.4, 0.5) is 11.4 Å². The number of anilines is 2. The molecule has 3 nitrogen and oxygen atoms in total. The van der Waals surface area contributed by atoms with Crippen LogP contribution in [0.1, 0.15) is 5.56 Å². The lowest BCUT2D eigenvalue weighted by atomic mass is 10.1. The molecule has 0 aliphatic carbocycles. The highest BCUT2D eigenvalue weighted by Gasteiger charge is 2.11. The Morgan fingerprint density at radius 2 is 1.70 bits per heavy atom. The van der Waals surface area contributed by atoms with Crippen molar-refractivity contribution in [2.45, 2.75) is 6.42 Å². The third kappa shape index (κ3) is 3.37. The maximum atomic E-state index is 10.8. The van der Waals surface area contributed by atoms with E-state index in [4.69, 9.17) is 39.9 Å². The van der Waals surface area contributed by atoms with Crippen molar-refractivity contribution >= 4 is 52.1 Å². The molecule has 0 aromatic heterocycles. The molecule has 0 aliphatic rings. The molecular weight excluding hydrogens is 321 g/mol. The van der Waals surface area contributed by atoms with E-state index in [2.05, 4.69) is 5.32 Å². The number of aliphatic carboxylic acids is 1. The van der Waals surface area contributed by atoms with Crippen LogP contribution in [-0.2, 0) is 11.2 Å². The Hall–Kier alpha value is -1.42. The third-order valence-corrected chi connectivity index (χ3v) is 3.96. The van der Waals surface area contributed by atoms with Gasteiger partial charge >= 0.3 is 5.97 Å². The number of halogens is 3. The molecule has 0 unspecified atom stereocenters. The van der Waals surface area contributed by atoms with E-state index in [0.717, 1.165) is 0 Å². The molecule has 0 radical (unpaired) electrons. The lowest BCUT2D eigenvalue weighted by molar-refractivity contribution is -0.136. The van der Waals surface area contributed by atoms with Crippen molar-refractivity contribution in [2.75, 3.05) is 5.32 Å². The maximum absolute atomic E-state index is 10.8. The monoisotopic (exact) mass is 329 g/mol. The van der Waals surface area contributed by atoms with Crippen molar-refractivity contribution < 1.29 is 9.90 Å². The van der Waals surface area contributed by atoms with Gasteiger partial charge in [0.25, 0.3) is 0 Å². The molecule has 2 N–H and O–H groups in total. The van der Waals surface area contributed by atoms with E-state index in [1.54, 1.807) is 36.4 Å². The molecule has 6 heteroatoms. The van der Waals surface area contributed by atoms with Crippen molar-refractivity contribution in [3.63, 3.8) is 0 Å². The highest BCUT2D eigenvalue weighted by Crippen LogP contribution is 2.37. The summed E-state index contributed by atoms with van der Waals surface area (Å²) in [7, 11) is 0. The second kappa shape index (κ2) is 6.35. The minimum absolute atomic E-state index is 0.0812. The maximum Gasteiger partial charge on any atom is 0.307 e. The number of hydrogen-bond donors (Lipinski definition) is 2. The van der Waals surface area contributed by atoms with Gasteiger partial charge in [0.15, 0.2) is 0 Å². The van der Waals surface area contributed by atoms with Gasteiger partial charge in [-0.25, -0.2) is 0 Å². The number of hydrogen-bond acceptors (Lipinski definition) is 2. The van der Waals surface area contributed by atoms with Crippen LogP contribution in [0.5, 0.6) is 0 Å². The Kier molecular flexibility index (Phi) is 4.76. The van der Waals surface area contributed by atoms with Gasteiger partial charge in [0.1, 0.15) is 0 Å². The standard InChI is InChI=1S/C14H10Cl3NO2/c15-9-5-6-11(14(17)13(9)16)18-10-4-2-1-3-8(10)7-12(19)20/h1-6,18H,7H2,(H,19,20). The number of carboxylic acid groups (broad SMARTS) is 1. The highest BCUT2D eigenvalue weighted by molar-refractivity contribution is 6.49. The van der Waals surface area contributed by atoms with E-state index < -0.39 is 5.97 Å². The minimum atomic E-state index is -0.903. The molecule has 0 heterocycles. The summed E-state index contributed by atoms with van der Waals surface area (Å²) >= 11 is 18.0. The lowest BCUT2D eigenvalue weighted by Gasteiger charge is -2.13. The zero-order valence-corrected chi connectivity index (χ0v) is 12.4. The third-order valence-electron chi connectivity index (χ3n) is 2.66. The number of para-hydroxylation sites is 1. The number of carbonyl (C=O) groups is 1. The van der Waals surface area contributed by atoms with Crippen LogP contribution in [-0.4, -0.2) is 11.1 Å². The summed E-state index contributed by atoms with van der Waals surface area (Å²) in [6.07, 6.45) is -0.0812. The fourth-order valence-electron chi connectivity index (χ4n) is 1.73. The van der Waals surface area contributed by atoms with Gasteiger partial charge in [0.05, 0.1) is 27.2 Å². The molecule has 104 valence electrons. The molecule has 2 aromatic rings.